The molecule has 2 aliphatic heterocycles. The first kappa shape index (κ1) is 18.5. The van der Waals surface area contributed by atoms with Gasteiger partial charge in [0.15, 0.2) is 0 Å². The number of carboxylic acids is 1. The number of aliphatic carboxylic acids is 1. The molecule has 2 N–H and O–H groups in total. The summed E-state index contributed by atoms with van der Waals surface area (Å²) in [5.74, 6) is -1.11. The lowest BCUT2D eigenvalue weighted by molar-refractivity contribution is -0.172. The maximum Gasteiger partial charge on any atom is 0.410 e. The van der Waals surface area contributed by atoms with Gasteiger partial charge in [-0.25, -0.2) is 4.79 Å². The minimum Gasteiger partial charge on any atom is -0.481 e. The van der Waals surface area contributed by atoms with Crippen molar-refractivity contribution in [1.82, 2.24) is 4.90 Å². The van der Waals surface area contributed by atoms with E-state index in [9.17, 15) is 19.8 Å². The number of ether oxygens (including phenoxy) is 1. The Bertz CT molecular complexity index is 899. The molecule has 146 valence electrons. The molecule has 2 heterocycles. The Kier molecular flexibility index (Phi) is 4.59. The summed E-state index contributed by atoms with van der Waals surface area (Å²) >= 11 is 0. The summed E-state index contributed by atoms with van der Waals surface area (Å²) in [6.07, 6.45) is -1.07. The van der Waals surface area contributed by atoms with Crippen LogP contribution in [0.2, 0.25) is 0 Å². The maximum absolute atomic E-state index is 13.0. The third-order valence-corrected chi connectivity index (χ3v) is 6.21. The Morgan fingerprint density at radius 3 is 2.54 bits per heavy atom. The predicted molar refractivity (Wildman–Crippen MR) is 102 cm³/mol. The van der Waals surface area contributed by atoms with Gasteiger partial charge in [0.1, 0.15) is 12.0 Å². The summed E-state index contributed by atoms with van der Waals surface area (Å²) in [7, 11) is 0. The minimum atomic E-state index is -1.46. The molecule has 2 aromatic carbocycles. The number of carbonyl (C=O) groups is 2. The predicted octanol–water partition coefficient (Wildman–Crippen LogP) is 3.15. The molecule has 4 unspecified atom stereocenters. The summed E-state index contributed by atoms with van der Waals surface area (Å²) in [6.45, 7) is 1.63. The van der Waals surface area contributed by atoms with E-state index in [1.165, 1.54) is 11.8 Å². The van der Waals surface area contributed by atoms with Gasteiger partial charge < -0.3 is 14.9 Å². The topological polar surface area (TPSA) is 87.1 Å². The van der Waals surface area contributed by atoms with Gasteiger partial charge >= 0.3 is 12.1 Å². The van der Waals surface area contributed by atoms with Crippen LogP contribution in [0, 0.1) is 5.41 Å². The highest BCUT2D eigenvalue weighted by Gasteiger charge is 2.59. The maximum atomic E-state index is 13.0. The number of amides is 1. The van der Waals surface area contributed by atoms with E-state index in [2.05, 4.69) is 0 Å². The molecular formula is C22H23NO5. The van der Waals surface area contributed by atoms with Crippen LogP contribution in [0.1, 0.15) is 36.1 Å². The van der Waals surface area contributed by atoms with Gasteiger partial charge in [-0.15, -0.1) is 0 Å². The number of carboxylic acid groups (broad SMARTS) is 1. The van der Waals surface area contributed by atoms with E-state index in [4.69, 9.17) is 4.74 Å². The van der Waals surface area contributed by atoms with Crippen LogP contribution in [0.15, 0.2) is 54.6 Å². The number of carbonyl (C=O) groups excluding carboxylic acids is 1. The van der Waals surface area contributed by atoms with Crippen molar-refractivity contribution in [3.63, 3.8) is 0 Å². The van der Waals surface area contributed by atoms with Gasteiger partial charge in [-0.2, -0.15) is 0 Å². The number of hydrogen-bond donors (Lipinski definition) is 2. The van der Waals surface area contributed by atoms with E-state index >= 15 is 0 Å². The standard InChI is InChI=1S/C22H23NO5/c1-22(20(25)26)18-11-15-9-5-6-10-16(15)17(12-19(22)24)23(18)21(27)28-13-14-7-3-2-4-8-14/h2-10,17-19,24H,11-13H2,1H3,(H,25,26). The first-order valence-electron chi connectivity index (χ1n) is 9.41. The largest absolute Gasteiger partial charge is 0.481 e. The molecule has 2 aromatic rings. The van der Waals surface area contributed by atoms with Crippen molar-refractivity contribution in [2.75, 3.05) is 0 Å². The number of piperidine rings is 1. The van der Waals surface area contributed by atoms with Crippen molar-refractivity contribution in [1.29, 1.82) is 0 Å². The van der Waals surface area contributed by atoms with Crippen molar-refractivity contribution < 1.29 is 24.5 Å². The van der Waals surface area contributed by atoms with Crippen LogP contribution in [-0.2, 0) is 22.6 Å². The average molecular weight is 381 g/mol. The molecule has 1 fully saturated rings. The van der Waals surface area contributed by atoms with Crippen LogP contribution in [0.25, 0.3) is 0 Å². The average Bonchev–Trinajstić information content (AvgIpc) is 2.70. The molecule has 4 atom stereocenters. The van der Waals surface area contributed by atoms with E-state index < -0.39 is 35.7 Å². The number of benzene rings is 2. The Morgan fingerprint density at radius 2 is 1.82 bits per heavy atom. The van der Waals surface area contributed by atoms with E-state index in [0.29, 0.717) is 6.42 Å². The van der Waals surface area contributed by atoms with E-state index in [-0.39, 0.29) is 13.0 Å². The van der Waals surface area contributed by atoms with Crippen LogP contribution in [0.5, 0.6) is 0 Å². The van der Waals surface area contributed by atoms with E-state index in [1.54, 1.807) is 0 Å². The lowest BCUT2D eigenvalue weighted by Gasteiger charge is -2.54. The summed E-state index contributed by atoms with van der Waals surface area (Å²) in [6, 6.07) is 16.0. The lowest BCUT2D eigenvalue weighted by atomic mass is 9.64. The number of aliphatic hydroxyl groups excluding tert-OH is 1. The first-order valence-corrected chi connectivity index (χ1v) is 9.41. The number of aliphatic hydroxyl groups is 1. The summed E-state index contributed by atoms with van der Waals surface area (Å²) < 4.78 is 5.54. The zero-order valence-electron chi connectivity index (χ0n) is 15.6. The third-order valence-electron chi connectivity index (χ3n) is 6.21. The molecule has 2 aliphatic rings. The second-order valence-electron chi connectivity index (χ2n) is 7.72. The molecule has 28 heavy (non-hydrogen) atoms. The Balaban J connectivity index is 1.68. The second-order valence-corrected chi connectivity index (χ2v) is 7.72. The molecule has 2 bridgehead atoms. The number of nitrogens with zero attached hydrogens (tertiary/aromatic N) is 1. The fourth-order valence-corrected chi connectivity index (χ4v) is 4.47. The molecule has 0 saturated carbocycles. The number of rotatable bonds is 3. The van der Waals surface area contributed by atoms with Crippen LogP contribution >= 0.6 is 0 Å². The quantitative estimate of drug-likeness (QED) is 0.853. The molecule has 0 aromatic heterocycles. The molecular weight excluding hydrogens is 358 g/mol. The first-order chi connectivity index (χ1) is 13.4. The Morgan fingerprint density at radius 1 is 1.14 bits per heavy atom. The highest BCUT2D eigenvalue weighted by molar-refractivity contribution is 5.79. The van der Waals surface area contributed by atoms with E-state index in [1.807, 2.05) is 54.6 Å². The van der Waals surface area contributed by atoms with Gasteiger partial charge in [0, 0.05) is 0 Å². The summed E-state index contributed by atoms with van der Waals surface area (Å²) in [5, 5.41) is 20.6. The molecule has 6 heteroatoms. The van der Waals surface area contributed by atoms with Gasteiger partial charge in [-0.05, 0) is 36.5 Å². The van der Waals surface area contributed by atoms with Gasteiger partial charge in [0.2, 0.25) is 0 Å². The zero-order chi connectivity index (χ0) is 19.9. The highest BCUT2D eigenvalue weighted by atomic mass is 16.6. The smallest absolute Gasteiger partial charge is 0.410 e. The molecule has 0 spiro atoms. The van der Waals surface area contributed by atoms with Crippen molar-refractivity contribution in [3.8, 4) is 0 Å². The highest BCUT2D eigenvalue weighted by Crippen LogP contribution is 2.50. The van der Waals surface area contributed by atoms with Gasteiger partial charge in [-0.3, -0.25) is 9.69 Å². The Labute approximate surface area is 163 Å². The van der Waals surface area contributed by atoms with Crippen molar-refractivity contribution >= 4 is 12.1 Å². The fourth-order valence-electron chi connectivity index (χ4n) is 4.47. The normalized spacial score (nSPS) is 28.4. The van der Waals surface area contributed by atoms with Crippen molar-refractivity contribution in [3.05, 3.63) is 71.3 Å². The summed E-state index contributed by atoms with van der Waals surface area (Å²) in [4.78, 5) is 26.7. The number of fused-ring (bicyclic) bond motifs is 4. The monoisotopic (exact) mass is 381 g/mol. The van der Waals surface area contributed by atoms with Crippen LogP contribution in [0.3, 0.4) is 0 Å². The van der Waals surface area contributed by atoms with E-state index in [0.717, 1.165) is 16.7 Å². The van der Waals surface area contributed by atoms with Crippen LogP contribution in [-0.4, -0.2) is 39.3 Å². The third kappa shape index (κ3) is 2.85. The van der Waals surface area contributed by atoms with Gasteiger partial charge in [-0.1, -0.05) is 54.6 Å². The minimum absolute atomic E-state index is 0.115. The van der Waals surface area contributed by atoms with Crippen LogP contribution < -0.4 is 0 Å². The zero-order valence-corrected chi connectivity index (χ0v) is 15.6. The van der Waals surface area contributed by atoms with Crippen LogP contribution in [0.4, 0.5) is 4.79 Å². The molecule has 1 saturated heterocycles. The molecule has 0 aliphatic carbocycles. The summed E-state index contributed by atoms with van der Waals surface area (Å²) in [5.41, 5.74) is 1.36. The molecule has 4 rings (SSSR count). The molecule has 1 amide bonds. The van der Waals surface area contributed by atoms with Crippen molar-refractivity contribution in [2.45, 2.75) is 44.6 Å². The Hall–Kier alpha value is -2.86. The second kappa shape index (κ2) is 6.95. The van der Waals surface area contributed by atoms with Gasteiger partial charge in [0.05, 0.1) is 18.2 Å². The lowest BCUT2D eigenvalue weighted by Crippen LogP contribution is -2.65. The molecule has 0 radical (unpaired) electrons. The van der Waals surface area contributed by atoms with Gasteiger partial charge in [0.25, 0.3) is 0 Å². The SMILES string of the molecule is CC1(C(=O)O)C(O)CC2c3ccccc3CC1N2C(=O)OCc1ccccc1. The molecule has 6 nitrogen and oxygen atoms in total. The fraction of sp³-hybridized carbons (Fsp3) is 0.364. The van der Waals surface area contributed by atoms with Crippen molar-refractivity contribution in [2.24, 2.45) is 5.41 Å². The number of hydrogen-bond acceptors (Lipinski definition) is 4.